The van der Waals surface area contributed by atoms with Gasteiger partial charge >= 0.3 is 5.97 Å². The SMILES string of the molecule is O=C(O)Cc1ccnc(-c2cccc(F)c2F)c1F. The summed E-state index contributed by atoms with van der Waals surface area (Å²) in [6.45, 7) is 0. The molecule has 0 aliphatic heterocycles. The van der Waals surface area contributed by atoms with Gasteiger partial charge in [0.05, 0.1) is 6.42 Å². The van der Waals surface area contributed by atoms with Gasteiger partial charge in [-0.05, 0) is 18.2 Å². The van der Waals surface area contributed by atoms with E-state index in [9.17, 15) is 18.0 Å². The van der Waals surface area contributed by atoms with E-state index in [2.05, 4.69) is 4.98 Å². The Kier molecular flexibility index (Phi) is 3.50. The highest BCUT2D eigenvalue weighted by Gasteiger charge is 2.18. The van der Waals surface area contributed by atoms with Crippen LogP contribution in [0.2, 0.25) is 0 Å². The van der Waals surface area contributed by atoms with E-state index in [1.807, 2.05) is 0 Å². The van der Waals surface area contributed by atoms with Crippen molar-refractivity contribution in [3.63, 3.8) is 0 Å². The standard InChI is InChI=1S/C13H8F3NO2/c14-9-3-1-2-8(12(9)16)13-11(15)7(4-5-17-13)6-10(18)19/h1-5H,6H2,(H,18,19). The van der Waals surface area contributed by atoms with Crippen molar-refractivity contribution in [2.24, 2.45) is 0 Å². The van der Waals surface area contributed by atoms with Crippen LogP contribution in [0.1, 0.15) is 5.56 Å². The van der Waals surface area contributed by atoms with Crippen LogP contribution in [0.5, 0.6) is 0 Å². The molecular weight excluding hydrogens is 259 g/mol. The highest BCUT2D eigenvalue weighted by Crippen LogP contribution is 2.26. The Hall–Kier alpha value is -2.37. The summed E-state index contributed by atoms with van der Waals surface area (Å²) >= 11 is 0. The first kappa shape index (κ1) is 13.1. The van der Waals surface area contributed by atoms with Crippen LogP contribution in [-0.2, 0) is 11.2 Å². The van der Waals surface area contributed by atoms with E-state index in [0.29, 0.717) is 0 Å². The number of halogens is 3. The van der Waals surface area contributed by atoms with Crippen LogP contribution in [0.3, 0.4) is 0 Å². The Morgan fingerprint density at radius 2 is 1.89 bits per heavy atom. The predicted molar refractivity (Wildman–Crippen MR) is 60.9 cm³/mol. The molecule has 2 aromatic rings. The quantitative estimate of drug-likeness (QED) is 0.930. The van der Waals surface area contributed by atoms with Crippen molar-refractivity contribution in [1.29, 1.82) is 0 Å². The first-order chi connectivity index (χ1) is 9.00. The van der Waals surface area contributed by atoms with Gasteiger partial charge in [0.15, 0.2) is 17.5 Å². The van der Waals surface area contributed by atoms with Gasteiger partial charge in [0.25, 0.3) is 0 Å². The molecule has 1 aromatic heterocycles. The highest BCUT2D eigenvalue weighted by molar-refractivity contribution is 5.71. The van der Waals surface area contributed by atoms with Crippen LogP contribution in [0.15, 0.2) is 30.5 Å². The topological polar surface area (TPSA) is 50.2 Å². The van der Waals surface area contributed by atoms with Gasteiger partial charge in [-0.15, -0.1) is 0 Å². The lowest BCUT2D eigenvalue weighted by atomic mass is 10.1. The van der Waals surface area contributed by atoms with Crippen LogP contribution in [0.4, 0.5) is 13.2 Å². The summed E-state index contributed by atoms with van der Waals surface area (Å²) in [5, 5.41) is 8.63. The lowest BCUT2D eigenvalue weighted by molar-refractivity contribution is -0.136. The average molecular weight is 267 g/mol. The molecule has 19 heavy (non-hydrogen) atoms. The van der Waals surface area contributed by atoms with Gasteiger partial charge in [0.1, 0.15) is 5.69 Å². The lowest BCUT2D eigenvalue weighted by Gasteiger charge is -2.07. The number of carboxylic acid groups (broad SMARTS) is 1. The van der Waals surface area contributed by atoms with Gasteiger partial charge in [0.2, 0.25) is 0 Å². The zero-order valence-corrected chi connectivity index (χ0v) is 9.53. The summed E-state index contributed by atoms with van der Waals surface area (Å²) in [7, 11) is 0. The van der Waals surface area contributed by atoms with E-state index in [0.717, 1.165) is 12.3 Å². The Labute approximate surface area is 106 Å². The summed E-state index contributed by atoms with van der Waals surface area (Å²) in [5.74, 6) is -4.53. The number of aliphatic carboxylic acids is 1. The van der Waals surface area contributed by atoms with Crippen LogP contribution in [-0.4, -0.2) is 16.1 Å². The summed E-state index contributed by atoms with van der Waals surface area (Å²) in [5.41, 5.74) is -0.887. The maximum Gasteiger partial charge on any atom is 0.307 e. The molecule has 98 valence electrons. The smallest absolute Gasteiger partial charge is 0.307 e. The molecule has 2 rings (SSSR count). The second-order valence-corrected chi connectivity index (χ2v) is 3.80. The monoisotopic (exact) mass is 267 g/mol. The number of aromatic nitrogens is 1. The van der Waals surface area contributed by atoms with Crippen LogP contribution < -0.4 is 0 Å². The number of carboxylic acids is 1. The molecule has 0 saturated heterocycles. The molecule has 0 spiro atoms. The van der Waals surface area contributed by atoms with Crippen molar-refractivity contribution in [2.75, 3.05) is 0 Å². The van der Waals surface area contributed by atoms with Crippen molar-refractivity contribution < 1.29 is 23.1 Å². The summed E-state index contributed by atoms with van der Waals surface area (Å²) in [6, 6.07) is 4.48. The maximum atomic E-state index is 14.0. The van der Waals surface area contributed by atoms with Crippen molar-refractivity contribution in [2.45, 2.75) is 6.42 Å². The molecule has 6 heteroatoms. The van der Waals surface area contributed by atoms with E-state index >= 15 is 0 Å². The van der Waals surface area contributed by atoms with Crippen LogP contribution in [0.25, 0.3) is 11.3 Å². The largest absolute Gasteiger partial charge is 0.481 e. The van der Waals surface area contributed by atoms with Crippen LogP contribution in [0, 0.1) is 17.5 Å². The number of hydrogen-bond donors (Lipinski definition) is 1. The molecule has 0 fully saturated rings. The maximum absolute atomic E-state index is 14.0. The van der Waals surface area contributed by atoms with Crippen molar-refractivity contribution in [1.82, 2.24) is 4.98 Å². The molecule has 0 atom stereocenters. The van der Waals surface area contributed by atoms with Crippen LogP contribution >= 0.6 is 0 Å². The summed E-state index contributed by atoms with van der Waals surface area (Å²) in [6.07, 6.45) is 0.597. The van der Waals surface area contributed by atoms with Crippen molar-refractivity contribution >= 4 is 5.97 Å². The van der Waals surface area contributed by atoms with E-state index in [4.69, 9.17) is 5.11 Å². The van der Waals surface area contributed by atoms with Gasteiger partial charge in [-0.25, -0.2) is 13.2 Å². The summed E-state index contributed by atoms with van der Waals surface area (Å²) < 4.78 is 40.7. The fraction of sp³-hybridized carbons (Fsp3) is 0.0769. The Morgan fingerprint density at radius 3 is 2.58 bits per heavy atom. The van der Waals surface area contributed by atoms with E-state index in [1.165, 1.54) is 18.2 Å². The van der Waals surface area contributed by atoms with Crippen molar-refractivity contribution in [3.05, 3.63) is 53.5 Å². The molecule has 0 unspecified atom stereocenters. The number of carbonyl (C=O) groups is 1. The highest BCUT2D eigenvalue weighted by atomic mass is 19.2. The average Bonchev–Trinajstić information content (AvgIpc) is 2.35. The second kappa shape index (κ2) is 5.09. The Balaban J connectivity index is 2.57. The molecule has 3 nitrogen and oxygen atoms in total. The third-order valence-corrected chi connectivity index (χ3v) is 2.52. The van der Waals surface area contributed by atoms with Gasteiger partial charge in [-0.3, -0.25) is 9.78 Å². The molecular formula is C13H8F3NO2. The predicted octanol–water partition coefficient (Wildman–Crippen LogP) is 2.79. The number of nitrogens with zero attached hydrogens (tertiary/aromatic N) is 1. The Morgan fingerprint density at radius 1 is 1.16 bits per heavy atom. The number of pyridine rings is 1. The zero-order valence-electron chi connectivity index (χ0n) is 9.53. The van der Waals surface area contributed by atoms with Gasteiger partial charge in [-0.2, -0.15) is 0 Å². The van der Waals surface area contributed by atoms with Gasteiger partial charge in [-0.1, -0.05) is 6.07 Å². The fourth-order valence-electron chi connectivity index (χ4n) is 1.66. The molecule has 0 amide bonds. The molecule has 1 heterocycles. The first-order valence-electron chi connectivity index (χ1n) is 5.30. The van der Waals surface area contributed by atoms with E-state index in [-0.39, 0.29) is 11.1 Å². The molecule has 0 aliphatic rings. The van der Waals surface area contributed by atoms with E-state index in [1.54, 1.807) is 0 Å². The van der Waals surface area contributed by atoms with Gasteiger partial charge < -0.3 is 5.11 Å². The minimum absolute atomic E-state index is 0.138. The van der Waals surface area contributed by atoms with Gasteiger partial charge in [0, 0.05) is 17.3 Å². The zero-order chi connectivity index (χ0) is 14.0. The number of hydrogen-bond acceptors (Lipinski definition) is 2. The molecule has 1 N–H and O–H groups in total. The molecule has 0 saturated carbocycles. The fourth-order valence-corrected chi connectivity index (χ4v) is 1.66. The third kappa shape index (κ3) is 2.57. The minimum Gasteiger partial charge on any atom is -0.481 e. The first-order valence-corrected chi connectivity index (χ1v) is 5.30. The Bertz CT molecular complexity index is 644. The molecule has 0 aliphatic carbocycles. The number of benzene rings is 1. The normalized spacial score (nSPS) is 10.5. The second-order valence-electron chi connectivity index (χ2n) is 3.80. The van der Waals surface area contributed by atoms with E-state index < -0.39 is 35.5 Å². The van der Waals surface area contributed by atoms with Crippen molar-refractivity contribution in [3.8, 4) is 11.3 Å². The molecule has 0 radical (unpaired) electrons. The summed E-state index contributed by atoms with van der Waals surface area (Å²) in [4.78, 5) is 14.2. The molecule has 0 bridgehead atoms. The number of rotatable bonds is 3. The lowest BCUT2D eigenvalue weighted by Crippen LogP contribution is -2.05. The minimum atomic E-state index is -1.23. The third-order valence-electron chi connectivity index (χ3n) is 2.52. The molecule has 1 aromatic carbocycles.